The number of allylic oxidation sites excluding steroid dienone is 1. The predicted octanol–water partition coefficient (Wildman–Crippen LogP) is 3.74. The van der Waals surface area contributed by atoms with Gasteiger partial charge >= 0.3 is 0 Å². The Bertz CT molecular complexity index is 1220. The summed E-state index contributed by atoms with van der Waals surface area (Å²) in [7, 11) is 1.53. The zero-order chi connectivity index (χ0) is 23.1. The average molecular weight is 494 g/mol. The van der Waals surface area contributed by atoms with E-state index in [-0.39, 0.29) is 35.8 Å². The SMILES string of the molecule is COc1cc(/C=C(\C#N)c2nn(CCO)c(N)c2C#N)cc(Br)c1OCc1ccccc1. The van der Waals surface area contributed by atoms with Crippen LogP contribution in [0.3, 0.4) is 0 Å². The van der Waals surface area contributed by atoms with E-state index in [0.717, 1.165) is 5.56 Å². The van der Waals surface area contributed by atoms with E-state index in [0.29, 0.717) is 28.1 Å². The van der Waals surface area contributed by atoms with Gasteiger partial charge in [-0.2, -0.15) is 15.6 Å². The van der Waals surface area contributed by atoms with Crippen molar-refractivity contribution in [2.45, 2.75) is 13.2 Å². The molecule has 0 aliphatic rings. The first-order chi connectivity index (χ1) is 15.5. The van der Waals surface area contributed by atoms with Crippen molar-refractivity contribution < 1.29 is 14.6 Å². The summed E-state index contributed by atoms with van der Waals surface area (Å²) in [6, 6.07) is 17.3. The van der Waals surface area contributed by atoms with Crippen molar-refractivity contribution in [3.63, 3.8) is 0 Å². The number of anilines is 1. The van der Waals surface area contributed by atoms with Crippen molar-refractivity contribution in [2.75, 3.05) is 19.5 Å². The zero-order valence-electron chi connectivity index (χ0n) is 17.2. The maximum atomic E-state index is 9.72. The van der Waals surface area contributed by atoms with Crippen molar-refractivity contribution in [3.05, 3.63) is 69.3 Å². The molecular formula is C23H20BrN5O3. The molecule has 8 nitrogen and oxygen atoms in total. The van der Waals surface area contributed by atoms with Gasteiger partial charge in [0.25, 0.3) is 0 Å². The Kier molecular flexibility index (Phi) is 7.50. The predicted molar refractivity (Wildman–Crippen MR) is 123 cm³/mol. The van der Waals surface area contributed by atoms with E-state index in [1.54, 1.807) is 18.2 Å². The van der Waals surface area contributed by atoms with Crippen LogP contribution < -0.4 is 15.2 Å². The number of hydrogen-bond acceptors (Lipinski definition) is 7. The topological polar surface area (TPSA) is 130 Å². The minimum Gasteiger partial charge on any atom is -0.493 e. The van der Waals surface area contributed by atoms with Gasteiger partial charge in [0.05, 0.1) is 30.3 Å². The fourth-order valence-corrected chi connectivity index (χ4v) is 3.63. The summed E-state index contributed by atoms with van der Waals surface area (Å²) in [6.07, 6.45) is 1.58. The van der Waals surface area contributed by atoms with E-state index in [2.05, 4.69) is 27.1 Å². The molecule has 162 valence electrons. The third-order valence-corrected chi connectivity index (χ3v) is 5.17. The number of methoxy groups -OCH3 is 1. The fourth-order valence-electron chi connectivity index (χ4n) is 3.05. The summed E-state index contributed by atoms with van der Waals surface area (Å²) in [5, 5.41) is 32.6. The Morgan fingerprint density at radius 1 is 1.28 bits per heavy atom. The second-order valence-electron chi connectivity index (χ2n) is 6.65. The molecule has 0 amide bonds. The molecule has 0 aliphatic carbocycles. The van der Waals surface area contributed by atoms with Gasteiger partial charge in [0.2, 0.25) is 0 Å². The number of aliphatic hydroxyl groups is 1. The van der Waals surface area contributed by atoms with Gasteiger partial charge in [0.1, 0.15) is 35.8 Å². The van der Waals surface area contributed by atoms with Gasteiger partial charge < -0.3 is 20.3 Å². The molecule has 1 heterocycles. The highest BCUT2D eigenvalue weighted by Crippen LogP contribution is 2.38. The summed E-state index contributed by atoms with van der Waals surface area (Å²) >= 11 is 3.51. The van der Waals surface area contributed by atoms with E-state index in [4.69, 9.17) is 20.3 Å². The lowest BCUT2D eigenvalue weighted by atomic mass is 10.1. The molecule has 0 atom stereocenters. The van der Waals surface area contributed by atoms with E-state index in [1.807, 2.05) is 36.4 Å². The number of aliphatic hydroxyl groups excluding tert-OH is 1. The number of ether oxygens (including phenoxy) is 2. The molecule has 0 unspecified atom stereocenters. The van der Waals surface area contributed by atoms with Crippen LogP contribution in [0.1, 0.15) is 22.4 Å². The largest absolute Gasteiger partial charge is 0.493 e. The molecule has 1 aromatic heterocycles. The van der Waals surface area contributed by atoms with Crippen LogP contribution in [-0.4, -0.2) is 28.6 Å². The molecule has 0 saturated heterocycles. The zero-order valence-corrected chi connectivity index (χ0v) is 18.8. The molecule has 0 saturated carbocycles. The molecule has 0 aliphatic heterocycles. The first kappa shape index (κ1) is 22.9. The third kappa shape index (κ3) is 4.92. The molecule has 2 aromatic carbocycles. The first-order valence-corrected chi connectivity index (χ1v) is 10.3. The number of nitrogen functional groups attached to an aromatic ring is 1. The van der Waals surface area contributed by atoms with Crippen LogP contribution in [-0.2, 0) is 13.2 Å². The molecule has 0 spiro atoms. The lowest BCUT2D eigenvalue weighted by Crippen LogP contribution is -2.07. The van der Waals surface area contributed by atoms with Crippen molar-refractivity contribution in [2.24, 2.45) is 0 Å². The van der Waals surface area contributed by atoms with E-state index in [9.17, 15) is 10.5 Å². The van der Waals surface area contributed by atoms with Crippen molar-refractivity contribution >= 4 is 33.4 Å². The van der Waals surface area contributed by atoms with Gasteiger partial charge in [-0.05, 0) is 45.3 Å². The smallest absolute Gasteiger partial charge is 0.175 e. The van der Waals surface area contributed by atoms with Crippen LogP contribution in [0.15, 0.2) is 46.9 Å². The molecular weight excluding hydrogens is 474 g/mol. The second-order valence-corrected chi connectivity index (χ2v) is 7.50. The molecule has 0 fully saturated rings. The van der Waals surface area contributed by atoms with Crippen molar-refractivity contribution in [1.29, 1.82) is 10.5 Å². The highest BCUT2D eigenvalue weighted by Gasteiger charge is 2.19. The van der Waals surface area contributed by atoms with Gasteiger partial charge in [0, 0.05) is 0 Å². The Morgan fingerprint density at radius 2 is 2.03 bits per heavy atom. The van der Waals surface area contributed by atoms with Crippen molar-refractivity contribution in [1.82, 2.24) is 9.78 Å². The van der Waals surface area contributed by atoms with Gasteiger partial charge in [-0.1, -0.05) is 30.3 Å². The molecule has 0 bridgehead atoms. The average Bonchev–Trinajstić information content (AvgIpc) is 3.12. The van der Waals surface area contributed by atoms with Gasteiger partial charge in [-0.3, -0.25) is 0 Å². The number of aromatic nitrogens is 2. The van der Waals surface area contributed by atoms with E-state index < -0.39 is 0 Å². The summed E-state index contributed by atoms with van der Waals surface area (Å²) in [5.74, 6) is 1.10. The summed E-state index contributed by atoms with van der Waals surface area (Å²) in [6.45, 7) is 0.282. The number of benzene rings is 2. The standard InChI is InChI=1S/C23H20BrN5O3/c1-31-20-11-16(10-19(24)22(20)32-14-15-5-3-2-4-6-15)9-17(12-25)21-18(13-26)23(27)29(28-21)7-8-30/h2-6,9-11,30H,7-8,14,27H2,1H3/b17-9+. The Labute approximate surface area is 193 Å². The van der Waals surface area contributed by atoms with Crippen LogP contribution in [0.4, 0.5) is 5.82 Å². The Balaban J connectivity index is 1.97. The molecule has 0 radical (unpaired) electrons. The lowest BCUT2D eigenvalue weighted by molar-refractivity contribution is 0.270. The molecule has 32 heavy (non-hydrogen) atoms. The Morgan fingerprint density at radius 3 is 2.66 bits per heavy atom. The second kappa shape index (κ2) is 10.5. The fraction of sp³-hybridized carbons (Fsp3) is 0.174. The number of nitrogens with zero attached hydrogens (tertiary/aromatic N) is 4. The van der Waals surface area contributed by atoms with Crippen LogP contribution in [0.25, 0.3) is 11.6 Å². The monoisotopic (exact) mass is 493 g/mol. The number of halogens is 1. The molecule has 3 N–H and O–H groups in total. The summed E-state index contributed by atoms with van der Waals surface area (Å²) < 4.78 is 13.4. The lowest BCUT2D eigenvalue weighted by Gasteiger charge is -2.14. The summed E-state index contributed by atoms with van der Waals surface area (Å²) in [5.41, 5.74) is 7.98. The van der Waals surface area contributed by atoms with Crippen LogP contribution in [0.2, 0.25) is 0 Å². The van der Waals surface area contributed by atoms with Crippen molar-refractivity contribution in [3.8, 4) is 23.6 Å². The van der Waals surface area contributed by atoms with Gasteiger partial charge in [0.15, 0.2) is 11.5 Å². The van der Waals surface area contributed by atoms with Crippen LogP contribution >= 0.6 is 15.9 Å². The number of nitrogens with two attached hydrogens (primary N) is 1. The van der Waals surface area contributed by atoms with Crippen LogP contribution in [0.5, 0.6) is 11.5 Å². The molecule has 9 heteroatoms. The minimum atomic E-state index is -0.198. The quantitative estimate of drug-likeness (QED) is 0.456. The Hall–Kier alpha value is -3.79. The maximum absolute atomic E-state index is 9.72. The minimum absolute atomic E-state index is 0.0834. The number of nitriles is 2. The third-order valence-electron chi connectivity index (χ3n) is 4.58. The molecule has 3 aromatic rings. The van der Waals surface area contributed by atoms with Gasteiger partial charge in [-0.15, -0.1) is 0 Å². The highest BCUT2D eigenvalue weighted by molar-refractivity contribution is 9.10. The van der Waals surface area contributed by atoms with E-state index in [1.165, 1.54) is 11.8 Å². The maximum Gasteiger partial charge on any atom is 0.175 e. The molecule has 3 rings (SSSR count). The first-order valence-electron chi connectivity index (χ1n) is 9.56. The highest BCUT2D eigenvalue weighted by atomic mass is 79.9. The number of hydrogen-bond donors (Lipinski definition) is 2. The normalized spacial score (nSPS) is 11.0. The van der Waals surface area contributed by atoms with Crippen LogP contribution in [0, 0.1) is 22.7 Å². The number of rotatable bonds is 8. The summed E-state index contributed by atoms with van der Waals surface area (Å²) in [4.78, 5) is 0. The van der Waals surface area contributed by atoms with E-state index >= 15 is 0 Å². The van der Waals surface area contributed by atoms with Gasteiger partial charge in [-0.25, -0.2) is 4.68 Å².